The summed E-state index contributed by atoms with van der Waals surface area (Å²) in [5.74, 6) is 0.306. The molecule has 2 saturated heterocycles. The number of nitro benzene ring substituents is 1. The number of furan rings is 1. The minimum absolute atomic E-state index is 0.148. The average Bonchev–Trinajstić information content (AvgIpc) is 3.45. The SMILES string of the molecule is Cc1ccc(-c2ccc(C(=O)NC(=S)N3CCN(c4ccc([N+](=O)[O-])c(N5CCCCC5)c4)CC3)o2)cc1Cl. The Balaban J connectivity index is 1.19. The fraction of sp³-hybridized carbons (Fsp3) is 0.357. The second kappa shape index (κ2) is 11.6. The third-order valence-electron chi connectivity index (χ3n) is 7.29. The Morgan fingerprint density at radius 3 is 2.41 bits per heavy atom. The molecule has 0 radical (unpaired) electrons. The number of piperidine rings is 1. The summed E-state index contributed by atoms with van der Waals surface area (Å²) in [4.78, 5) is 30.4. The van der Waals surface area contributed by atoms with Crippen molar-refractivity contribution < 1.29 is 14.1 Å². The van der Waals surface area contributed by atoms with Crippen LogP contribution in [0.1, 0.15) is 35.4 Å². The first-order valence-corrected chi connectivity index (χ1v) is 13.8. The molecular formula is C28H30ClN5O4S. The van der Waals surface area contributed by atoms with Crippen LogP contribution in [-0.2, 0) is 0 Å². The second-order valence-electron chi connectivity index (χ2n) is 9.84. The molecule has 0 bridgehead atoms. The molecule has 2 aliphatic rings. The Labute approximate surface area is 237 Å². The normalized spacial score (nSPS) is 15.8. The quantitative estimate of drug-likeness (QED) is 0.240. The molecule has 0 aliphatic carbocycles. The largest absolute Gasteiger partial charge is 0.451 e. The number of hydrogen-bond acceptors (Lipinski definition) is 7. The summed E-state index contributed by atoms with van der Waals surface area (Å²) in [5, 5.41) is 15.4. The first kappa shape index (κ1) is 27.0. The van der Waals surface area contributed by atoms with Gasteiger partial charge in [0.25, 0.3) is 11.6 Å². The summed E-state index contributed by atoms with van der Waals surface area (Å²) in [7, 11) is 0. The predicted molar refractivity (Wildman–Crippen MR) is 157 cm³/mol. The van der Waals surface area contributed by atoms with Gasteiger partial charge in [-0.05, 0) is 74.3 Å². The minimum Gasteiger partial charge on any atom is -0.451 e. The van der Waals surface area contributed by atoms with E-state index < -0.39 is 5.91 Å². The van der Waals surface area contributed by atoms with Gasteiger partial charge < -0.3 is 19.1 Å². The maximum Gasteiger partial charge on any atom is 0.293 e. The Morgan fingerprint density at radius 2 is 1.72 bits per heavy atom. The molecule has 2 fully saturated rings. The summed E-state index contributed by atoms with van der Waals surface area (Å²) in [6.07, 6.45) is 3.25. The van der Waals surface area contributed by atoms with E-state index in [2.05, 4.69) is 15.1 Å². The molecule has 2 aromatic carbocycles. The van der Waals surface area contributed by atoms with Crippen LogP contribution in [0.4, 0.5) is 17.1 Å². The molecule has 204 valence electrons. The maximum absolute atomic E-state index is 12.8. The number of nitrogens with zero attached hydrogens (tertiary/aromatic N) is 4. The van der Waals surface area contributed by atoms with Crippen molar-refractivity contribution in [3.05, 3.63) is 75.0 Å². The van der Waals surface area contributed by atoms with Gasteiger partial charge in [0.2, 0.25) is 0 Å². The van der Waals surface area contributed by atoms with Crippen LogP contribution in [0.2, 0.25) is 5.02 Å². The van der Waals surface area contributed by atoms with Crippen molar-refractivity contribution in [2.24, 2.45) is 0 Å². The zero-order valence-corrected chi connectivity index (χ0v) is 23.3. The molecule has 2 aliphatic heterocycles. The summed E-state index contributed by atoms with van der Waals surface area (Å²) < 4.78 is 5.77. The van der Waals surface area contributed by atoms with Crippen LogP contribution in [0.5, 0.6) is 0 Å². The monoisotopic (exact) mass is 567 g/mol. The molecule has 1 aromatic heterocycles. The van der Waals surface area contributed by atoms with Crippen molar-refractivity contribution in [1.82, 2.24) is 10.2 Å². The highest BCUT2D eigenvalue weighted by molar-refractivity contribution is 7.80. The number of nitro groups is 1. The highest BCUT2D eigenvalue weighted by Crippen LogP contribution is 2.34. The number of rotatable bonds is 5. The molecular weight excluding hydrogens is 538 g/mol. The van der Waals surface area contributed by atoms with Crippen molar-refractivity contribution in [2.75, 3.05) is 49.1 Å². The topological polar surface area (TPSA) is 95.1 Å². The lowest BCUT2D eigenvalue weighted by atomic mass is 10.1. The van der Waals surface area contributed by atoms with Crippen molar-refractivity contribution in [3.8, 4) is 11.3 Å². The van der Waals surface area contributed by atoms with Crippen LogP contribution in [-0.4, -0.2) is 60.1 Å². The van der Waals surface area contributed by atoms with E-state index in [1.807, 2.05) is 42.2 Å². The van der Waals surface area contributed by atoms with Crippen molar-refractivity contribution in [1.29, 1.82) is 0 Å². The van der Waals surface area contributed by atoms with Gasteiger partial charge in [-0.15, -0.1) is 0 Å². The molecule has 3 aromatic rings. The van der Waals surface area contributed by atoms with E-state index in [0.29, 0.717) is 47.8 Å². The van der Waals surface area contributed by atoms with Gasteiger partial charge in [-0.1, -0.05) is 23.7 Å². The van der Waals surface area contributed by atoms with Crippen LogP contribution in [0.15, 0.2) is 52.9 Å². The lowest BCUT2D eigenvalue weighted by Gasteiger charge is -2.37. The molecule has 0 atom stereocenters. The first-order chi connectivity index (χ1) is 18.8. The Bertz CT molecular complexity index is 1400. The molecule has 5 rings (SSSR count). The fourth-order valence-electron chi connectivity index (χ4n) is 5.02. The van der Waals surface area contributed by atoms with Gasteiger partial charge in [0.15, 0.2) is 10.9 Å². The standard InChI is InChI=1S/C28H30ClN5O4S/c1-19-5-6-20(17-22(19)29)25-9-10-26(38-25)27(35)30-28(39)33-15-13-31(14-16-33)21-7-8-23(34(36)37)24(18-21)32-11-3-2-4-12-32/h5-10,17-18H,2-4,11-16H2,1H3,(H,30,35,39). The minimum atomic E-state index is -0.409. The highest BCUT2D eigenvalue weighted by Gasteiger charge is 2.26. The van der Waals surface area contributed by atoms with E-state index in [0.717, 1.165) is 49.2 Å². The third kappa shape index (κ3) is 6.02. The molecule has 1 amide bonds. The van der Waals surface area contributed by atoms with Crippen LogP contribution in [0, 0.1) is 17.0 Å². The van der Waals surface area contributed by atoms with Crippen LogP contribution >= 0.6 is 23.8 Å². The van der Waals surface area contributed by atoms with Gasteiger partial charge in [0.1, 0.15) is 11.4 Å². The second-order valence-corrected chi connectivity index (χ2v) is 10.6. The van der Waals surface area contributed by atoms with Gasteiger partial charge >= 0.3 is 0 Å². The number of anilines is 2. The summed E-state index contributed by atoms with van der Waals surface area (Å²) in [6, 6.07) is 14.3. The first-order valence-electron chi connectivity index (χ1n) is 13.0. The number of carbonyl (C=O) groups excluding carboxylic acids is 1. The molecule has 11 heteroatoms. The lowest BCUT2D eigenvalue weighted by molar-refractivity contribution is -0.384. The van der Waals surface area contributed by atoms with E-state index in [1.165, 1.54) is 0 Å². The summed E-state index contributed by atoms with van der Waals surface area (Å²) >= 11 is 11.7. The molecule has 0 saturated carbocycles. The van der Waals surface area contributed by atoms with E-state index in [1.54, 1.807) is 18.2 Å². The number of piperazine rings is 1. The number of thiocarbonyl (C=S) groups is 1. The van der Waals surface area contributed by atoms with Crippen molar-refractivity contribution in [2.45, 2.75) is 26.2 Å². The smallest absolute Gasteiger partial charge is 0.293 e. The van der Waals surface area contributed by atoms with Crippen LogP contribution < -0.4 is 15.1 Å². The van der Waals surface area contributed by atoms with Gasteiger partial charge in [0, 0.05) is 61.6 Å². The van der Waals surface area contributed by atoms with Crippen molar-refractivity contribution in [3.63, 3.8) is 0 Å². The zero-order valence-electron chi connectivity index (χ0n) is 21.7. The molecule has 0 spiro atoms. The number of aryl methyl sites for hydroxylation is 1. The van der Waals surface area contributed by atoms with Gasteiger partial charge in [-0.2, -0.15) is 0 Å². The number of carbonyl (C=O) groups is 1. The van der Waals surface area contributed by atoms with E-state index in [-0.39, 0.29) is 16.4 Å². The number of hydrogen-bond donors (Lipinski definition) is 1. The Hall–Kier alpha value is -3.63. The lowest BCUT2D eigenvalue weighted by Crippen LogP contribution is -2.52. The summed E-state index contributed by atoms with van der Waals surface area (Å²) in [6.45, 7) is 6.16. The van der Waals surface area contributed by atoms with Gasteiger partial charge in [-0.3, -0.25) is 20.2 Å². The Kier molecular flexibility index (Phi) is 8.04. The predicted octanol–water partition coefficient (Wildman–Crippen LogP) is 5.64. The summed E-state index contributed by atoms with van der Waals surface area (Å²) in [5.41, 5.74) is 3.54. The molecule has 1 N–H and O–H groups in total. The third-order valence-corrected chi connectivity index (χ3v) is 8.06. The van der Waals surface area contributed by atoms with Gasteiger partial charge in [-0.25, -0.2) is 0 Å². The maximum atomic E-state index is 12.8. The van der Waals surface area contributed by atoms with Crippen LogP contribution in [0.3, 0.4) is 0 Å². The Morgan fingerprint density at radius 1 is 0.974 bits per heavy atom. The highest BCUT2D eigenvalue weighted by atomic mass is 35.5. The molecule has 39 heavy (non-hydrogen) atoms. The molecule has 0 unspecified atom stereocenters. The zero-order chi connectivity index (χ0) is 27.5. The number of nitrogens with one attached hydrogen (secondary N) is 1. The molecule has 9 nitrogen and oxygen atoms in total. The van der Waals surface area contributed by atoms with Crippen molar-refractivity contribution >= 4 is 51.9 Å². The van der Waals surface area contributed by atoms with Crippen LogP contribution in [0.25, 0.3) is 11.3 Å². The fourth-order valence-corrected chi connectivity index (χ4v) is 5.47. The number of amides is 1. The van der Waals surface area contributed by atoms with E-state index in [9.17, 15) is 14.9 Å². The molecule has 3 heterocycles. The average molecular weight is 568 g/mol. The van der Waals surface area contributed by atoms with Gasteiger partial charge in [0.05, 0.1) is 4.92 Å². The number of benzene rings is 2. The van der Waals surface area contributed by atoms with E-state index >= 15 is 0 Å². The number of halogens is 1. The van der Waals surface area contributed by atoms with E-state index in [4.69, 9.17) is 28.2 Å².